The van der Waals surface area contributed by atoms with E-state index in [4.69, 9.17) is 0 Å². The molecule has 26 heavy (non-hydrogen) atoms. The van der Waals surface area contributed by atoms with E-state index in [9.17, 15) is 29.9 Å². The molecule has 0 spiro atoms. The fourth-order valence-electron chi connectivity index (χ4n) is 4.10. The van der Waals surface area contributed by atoms with E-state index < -0.39 is 45.8 Å². The first-order valence-corrected chi connectivity index (χ1v) is 8.15. The molecule has 9 nitrogen and oxygen atoms in total. The van der Waals surface area contributed by atoms with Gasteiger partial charge in [0.15, 0.2) is 0 Å². The molecule has 0 unspecified atom stereocenters. The molecule has 0 N–H and O–H groups in total. The van der Waals surface area contributed by atoms with Crippen molar-refractivity contribution in [1.29, 1.82) is 0 Å². The van der Waals surface area contributed by atoms with Crippen LogP contribution in [-0.2, 0) is 9.59 Å². The molecule has 2 bridgehead atoms. The average molecular weight is 355 g/mol. The van der Waals surface area contributed by atoms with Gasteiger partial charge in [-0.15, -0.1) is 5.75 Å². The van der Waals surface area contributed by atoms with Crippen LogP contribution in [0.5, 0.6) is 11.5 Å². The zero-order valence-corrected chi connectivity index (χ0v) is 13.4. The second kappa shape index (κ2) is 5.65. The first-order valence-electron chi connectivity index (χ1n) is 8.15. The van der Waals surface area contributed by atoms with Crippen molar-refractivity contribution in [3.05, 3.63) is 40.0 Å². The van der Waals surface area contributed by atoms with Crippen molar-refractivity contribution in [1.82, 2.24) is 5.01 Å². The van der Waals surface area contributed by atoms with Gasteiger partial charge in [0.2, 0.25) is 0 Å². The summed E-state index contributed by atoms with van der Waals surface area (Å²) in [6.07, 6.45) is 6.57. The lowest BCUT2D eigenvalue weighted by Gasteiger charge is -2.37. The number of nitrogens with zero attached hydrogens (tertiary/aromatic N) is 3. The van der Waals surface area contributed by atoms with E-state index in [-0.39, 0.29) is 17.4 Å². The fraction of sp³-hybridized carbons (Fsp3) is 0.353. The van der Waals surface area contributed by atoms with Gasteiger partial charge >= 0.3 is 0 Å². The second-order valence-corrected chi connectivity index (χ2v) is 6.69. The average Bonchev–Trinajstić information content (AvgIpc) is 2.88. The zero-order valence-electron chi connectivity index (χ0n) is 13.4. The number of imide groups is 1. The predicted octanol–water partition coefficient (Wildman–Crippen LogP) is 0.273. The van der Waals surface area contributed by atoms with E-state index in [2.05, 4.69) is 5.10 Å². The van der Waals surface area contributed by atoms with Gasteiger partial charge in [-0.3, -0.25) is 19.7 Å². The number of amides is 2. The maximum Gasteiger partial charge on any atom is 0.262 e. The number of nitro groups is 1. The Hall–Kier alpha value is -3.23. The summed E-state index contributed by atoms with van der Waals surface area (Å²) in [6, 6.07) is 1.40. The molecule has 4 aliphatic rings. The Labute approximate surface area is 147 Å². The van der Waals surface area contributed by atoms with Gasteiger partial charge in [-0.25, -0.2) is 0 Å². The molecular weight excluding hydrogens is 342 g/mol. The summed E-state index contributed by atoms with van der Waals surface area (Å²) >= 11 is 0. The van der Waals surface area contributed by atoms with Crippen LogP contribution in [0.4, 0.5) is 5.69 Å². The van der Waals surface area contributed by atoms with Gasteiger partial charge in [0.1, 0.15) is 0 Å². The van der Waals surface area contributed by atoms with Gasteiger partial charge in [0.25, 0.3) is 17.5 Å². The van der Waals surface area contributed by atoms with Crippen molar-refractivity contribution in [2.24, 2.45) is 28.8 Å². The molecule has 5 rings (SSSR count). The number of hydrogen-bond donors (Lipinski definition) is 0. The topological polar surface area (TPSA) is 139 Å². The van der Waals surface area contributed by atoms with Gasteiger partial charge < -0.3 is 10.2 Å². The molecule has 3 aliphatic carbocycles. The van der Waals surface area contributed by atoms with E-state index >= 15 is 0 Å². The summed E-state index contributed by atoms with van der Waals surface area (Å²) in [7, 11) is 0. The van der Waals surface area contributed by atoms with Crippen LogP contribution in [0.15, 0.2) is 29.4 Å². The molecular formula is C17H13N3O6-2. The zero-order chi connectivity index (χ0) is 18.6. The fourth-order valence-corrected chi connectivity index (χ4v) is 4.10. The highest BCUT2D eigenvalue weighted by molar-refractivity contribution is 6.06. The van der Waals surface area contributed by atoms with Gasteiger partial charge in [0.05, 0.1) is 23.0 Å². The highest BCUT2D eigenvalue weighted by Crippen LogP contribution is 2.49. The highest BCUT2D eigenvalue weighted by Gasteiger charge is 2.56. The summed E-state index contributed by atoms with van der Waals surface area (Å²) in [5.74, 6) is -3.45. The molecule has 9 heteroatoms. The van der Waals surface area contributed by atoms with Gasteiger partial charge in [-0.2, -0.15) is 10.1 Å². The lowest BCUT2D eigenvalue weighted by molar-refractivity contribution is -0.398. The standard InChI is InChI=1S/C17H15N3O6/c21-12-6-13(22)11(20(25)26)5-10(12)7-18-19-16(23)14-8-1-2-9(4-3-8)15(14)17(19)24/h1-2,5-9,14-15,21-22H,3-4H2/p-2/b18-7-/t8-,9+,14-,15-/m0/s1. The molecule has 1 aliphatic heterocycles. The minimum Gasteiger partial charge on any atom is -0.872 e. The third-order valence-corrected chi connectivity index (χ3v) is 5.34. The summed E-state index contributed by atoms with van der Waals surface area (Å²) in [5.41, 5.74) is -0.992. The minimum absolute atomic E-state index is 0.0116. The van der Waals surface area contributed by atoms with E-state index in [1.54, 1.807) is 0 Å². The molecule has 4 atom stereocenters. The van der Waals surface area contributed by atoms with Crippen LogP contribution in [0.3, 0.4) is 0 Å². The third-order valence-electron chi connectivity index (χ3n) is 5.34. The Balaban J connectivity index is 1.64. The largest absolute Gasteiger partial charge is 0.872 e. The van der Waals surface area contributed by atoms with Crippen LogP contribution in [0, 0.1) is 33.8 Å². The quantitative estimate of drug-likeness (QED) is 0.251. The molecule has 1 aromatic carbocycles. The number of carbonyl (C=O) groups excluding carboxylic acids is 2. The van der Waals surface area contributed by atoms with Crippen LogP contribution >= 0.6 is 0 Å². The molecule has 0 radical (unpaired) electrons. The molecule has 134 valence electrons. The van der Waals surface area contributed by atoms with Crippen molar-refractivity contribution in [3.63, 3.8) is 0 Å². The summed E-state index contributed by atoms with van der Waals surface area (Å²) in [4.78, 5) is 35.1. The van der Waals surface area contributed by atoms with Crippen molar-refractivity contribution in [3.8, 4) is 11.5 Å². The first-order chi connectivity index (χ1) is 12.4. The summed E-state index contributed by atoms with van der Waals surface area (Å²) < 4.78 is 0. The van der Waals surface area contributed by atoms with E-state index in [0.29, 0.717) is 6.07 Å². The van der Waals surface area contributed by atoms with Crippen LogP contribution in [0.25, 0.3) is 0 Å². The number of fused-ring (bicyclic) bond motifs is 1. The second-order valence-electron chi connectivity index (χ2n) is 6.69. The summed E-state index contributed by atoms with van der Waals surface area (Å²) in [6.45, 7) is 0. The van der Waals surface area contributed by atoms with Crippen LogP contribution in [0.1, 0.15) is 18.4 Å². The molecule has 1 saturated carbocycles. The normalized spacial score (nSPS) is 29.6. The number of allylic oxidation sites excluding steroid dienone is 2. The Bertz CT molecular complexity index is 861. The Morgan fingerprint density at radius 3 is 2.12 bits per heavy atom. The van der Waals surface area contributed by atoms with Crippen LogP contribution in [0.2, 0.25) is 0 Å². The van der Waals surface area contributed by atoms with E-state index in [1.807, 2.05) is 12.2 Å². The van der Waals surface area contributed by atoms with Crippen molar-refractivity contribution < 1.29 is 24.7 Å². The van der Waals surface area contributed by atoms with Gasteiger partial charge in [-0.1, -0.05) is 18.2 Å². The third kappa shape index (κ3) is 2.27. The summed E-state index contributed by atoms with van der Waals surface area (Å²) in [5, 5.41) is 38.7. The molecule has 2 amide bonds. The van der Waals surface area contributed by atoms with Gasteiger partial charge in [-0.05, 0) is 36.0 Å². The monoisotopic (exact) mass is 355 g/mol. The molecule has 1 saturated heterocycles. The number of nitro benzene ring substituents is 1. The van der Waals surface area contributed by atoms with E-state index in [1.165, 1.54) is 0 Å². The SMILES string of the molecule is O=C1[C@@H]2[C@@H](C(=O)N1/N=C\c1cc([N+](=O)[O-])c([O-])cc1[O-])[C@H]1C=C[C@@H]2CC1. The number of hydrazone groups is 1. The lowest BCUT2D eigenvalue weighted by Crippen LogP contribution is -2.38. The molecule has 1 aromatic rings. The van der Waals surface area contributed by atoms with Crippen molar-refractivity contribution in [2.75, 3.05) is 0 Å². The first kappa shape index (κ1) is 16.2. The Morgan fingerprint density at radius 1 is 1.04 bits per heavy atom. The molecule has 1 heterocycles. The van der Waals surface area contributed by atoms with Crippen LogP contribution < -0.4 is 10.2 Å². The number of hydrogen-bond acceptors (Lipinski definition) is 7. The van der Waals surface area contributed by atoms with Crippen molar-refractivity contribution >= 4 is 23.7 Å². The maximum absolute atomic E-state index is 12.6. The van der Waals surface area contributed by atoms with E-state index in [0.717, 1.165) is 30.1 Å². The van der Waals surface area contributed by atoms with Crippen molar-refractivity contribution in [2.45, 2.75) is 12.8 Å². The molecule has 2 fully saturated rings. The van der Waals surface area contributed by atoms with Gasteiger partial charge in [0, 0.05) is 6.07 Å². The maximum atomic E-state index is 12.6. The number of rotatable bonds is 3. The predicted molar refractivity (Wildman–Crippen MR) is 83.8 cm³/mol. The molecule has 0 aromatic heterocycles. The Morgan fingerprint density at radius 2 is 1.62 bits per heavy atom. The number of carbonyl (C=O) groups is 2. The smallest absolute Gasteiger partial charge is 0.262 e. The minimum atomic E-state index is -1.00. The lowest BCUT2D eigenvalue weighted by atomic mass is 9.63. The number of benzene rings is 1. The highest BCUT2D eigenvalue weighted by atomic mass is 16.6. The Kier molecular flexibility index (Phi) is 3.53. The van der Waals surface area contributed by atoms with Crippen LogP contribution in [-0.4, -0.2) is 28.0 Å².